The lowest BCUT2D eigenvalue weighted by molar-refractivity contribution is 0.0890. The molecule has 0 saturated heterocycles. The van der Waals surface area contributed by atoms with Crippen LogP contribution in [0.3, 0.4) is 0 Å². The fourth-order valence-corrected chi connectivity index (χ4v) is 3.14. The van der Waals surface area contributed by atoms with E-state index in [0.29, 0.717) is 5.75 Å². The maximum absolute atomic E-state index is 10.7. The van der Waals surface area contributed by atoms with Gasteiger partial charge in [-0.25, -0.2) is 0 Å². The molecular formula is C16H20N2O2. The topological polar surface area (TPSA) is 47.3 Å². The van der Waals surface area contributed by atoms with E-state index in [-0.39, 0.29) is 5.92 Å². The summed E-state index contributed by atoms with van der Waals surface area (Å²) >= 11 is 0. The molecule has 2 aromatic rings. The van der Waals surface area contributed by atoms with E-state index in [2.05, 4.69) is 29.4 Å². The van der Waals surface area contributed by atoms with Crippen LogP contribution in [0, 0.1) is 5.92 Å². The second kappa shape index (κ2) is 5.29. The number of hydrogen-bond acceptors (Lipinski definition) is 3. The van der Waals surface area contributed by atoms with Crippen LogP contribution in [0.5, 0.6) is 5.75 Å². The molecule has 1 aliphatic carbocycles. The number of benzene rings is 1. The van der Waals surface area contributed by atoms with Gasteiger partial charge in [-0.2, -0.15) is 5.10 Å². The van der Waals surface area contributed by atoms with Gasteiger partial charge in [-0.1, -0.05) is 24.3 Å². The first-order valence-electron chi connectivity index (χ1n) is 7.01. The van der Waals surface area contributed by atoms with Crippen LogP contribution in [0.4, 0.5) is 0 Å². The van der Waals surface area contributed by atoms with Crippen molar-refractivity contribution in [2.75, 3.05) is 7.11 Å². The second-order valence-corrected chi connectivity index (χ2v) is 5.44. The summed E-state index contributed by atoms with van der Waals surface area (Å²) in [4.78, 5) is 0. The van der Waals surface area contributed by atoms with Crippen molar-refractivity contribution in [3.8, 4) is 5.75 Å². The monoisotopic (exact) mass is 272 g/mol. The van der Waals surface area contributed by atoms with Crippen molar-refractivity contribution in [3.63, 3.8) is 0 Å². The van der Waals surface area contributed by atoms with Gasteiger partial charge in [0, 0.05) is 7.05 Å². The molecule has 0 amide bonds. The quantitative estimate of drug-likeness (QED) is 0.932. The molecule has 3 rings (SSSR count). The Kier molecular flexibility index (Phi) is 3.49. The highest BCUT2D eigenvalue weighted by atomic mass is 16.5. The van der Waals surface area contributed by atoms with Crippen molar-refractivity contribution in [3.05, 3.63) is 47.3 Å². The van der Waals surface area contributed by atoms with Crippen molar-refractivity contribution in [2.24, 2.45) is 13.0 Å². The van der Waals surface area contributed by atoms with E-state index in [0.717, 1.165) is 25.0 Å². The maximum atomic E-state index is 10.7. The summed E-state index contributed by atoms with van der Waals surface area (Å²) in [5.41, 5.74) is 3.54. The minimum atomic E-state index is -0.536. The van der Waals surface area contributed by atoms with Gasteiger partial charge in [0.1, 0.15) is 11.8 Å². The third-order valence-corrected chi connectivity index (χ3v) is 4.28. The number of fused-ring (bicyclic) bond motifs is 1. The van der Waals surface area contributed by atoms with E-state index in [4.69, 9.17) is 4.74 Å². The van der Waals surface area contributed by atoms with Crippen LogP contribution >= 0.6 is 0 Å². The van der Waals surface area contributed by atoms with E-state index in [9.17, 15) is 5.11 Å². The minimum absolute atomic E-state index is 0.217. The average molecular weight is 272 g/mol. The normalized spacial score (nSPS) is 19.4. The lowest BCUT2D eigenvalue weighted by atomic mass is 9.80. The maximum Gasteiger partial charge on any atom is 0.162 e. The molecule has 1 N–H and O–H groups in total. The fourth-order valence-electron chi connectivity index (χ4n) is 3.14. The van der Waals surface area contributed by atoms with Crippen molar-refractivity contribution >= 4 is 0 Å². The Morgan fingerprint density at radius 2 is 2.10 bits per heavy atom. The van der Waals surface area contributed by atoms with E-state index in [1.54, 1.807) is 18.0 Å². The van der Waals surface area contributed by atoms with E-state index in [1.807, 2.05) is 7.05 Å². The molecule has 4 heteroatoms. The number of hydrogen-bond donors (Lipinski definition) is 1. The molecule has 1 heterocycles. The zero-order chi connectivity index (χ0) is 14.1. The third kappa shape index (κ3) is 2.20. The lowest BCUT2D eigenvalue weighted by Crippen LogP contribution is -2.23. The first kappa shape index (κ1) is 13.2. The Bertz CT molecular complexity index is 606. The van der Waals surface area contributed by atoms with Crippen molar-refractivity contribution < 1.29 is 9.84 Å². The van der Waals surface area contributed by atoms with Crippen molar-refractivity contribution in [2.45, 2.75) is 25.4 Å². The largest absolute Gasteiger partial charge is 0.493 e. The van der Waals surface area contributed by atoms with E-state index >= 15 is 0 Å². The summed E-state index contributed by atoms with van der Waals surface area (Å²) in [6.07, 6.45) is 4.05. The number of rotatable bonds is 3. The molecule has 4 nitrogen and oxygen atoms in total. The summed E-state index contributed by atoms with van der Waals surface area (Å²) in [6, 6.07) is 8.50. The van der Waals surface area contributed by atoms with Gasteiger partial charge in [0.25, 0.3) is 0 Å². The molecule has 1 aliphatic rings. The summed E-state index contributed by atoms with van der Waals surface area (Å²) in [5.74, 6) is 0.882. The number of aliphatic hydroxyl groups is 1. The van der Waals surface area contributed by atoms with E-state index in [1.165, 1.54) is 11.1 Å². The molecule has 0 saturated carbocycles. The standard InChI is InChI=1S/C16H20N2O2/c1-18-15(14(20-2)10-17-18)16(19)13-8-7-11-5-3-4-6-12(11)9-13/h3-6,10,13,16,19H,7-9H2,1-2H3. The molecule has 1 aromatic carbocycles. The molecule has 0 spiro atoms. The van der Waals surface area contributed by atoms with Crippen LogP contribution in [0.15, 0.2) is 30.5 Å². The smallest absolute Gasteiger partial charge is 0.162 e. The van der Waals surface area contributed by atoms with Gasteiger partial charge in [-0.3, -0.25) is 4.68 Å². The van der Waals surface area contributed by atoms with Crippen LogP contribution in [-0.2, 0) is 19.9 Å². The predicted octanol–water partition coefficient (Wildman–Crippen LogP) is 2.27. The van der Waals surface area contributed by atoms with E-state index < -0.39 is 6.10 Å². The Morgan fingerprint density at radius 1 is 1.35 bits per heavy atom. The average Bonchev–Trinajstić information content (AvgIpc) is 2.87. The molecule has 2 atom stereocenters. The number of aryl methyl sites for hydroxylation is 2. The molecule has 0 aliphatic heterocycles. The molecule has 0 bridgehead atoms. The Labute approximate surface area is 119 Å². The van der Waals surface area contributed by atoms with Crippen LogP contribution in [0.2, 0.25) is 0 Å². The number of ether oxygens (including phenoxy) is 1. The SMILES string of the molecule is COc1cnn(C)c1C(O)C1CCc2ccccc2C1. The zero-order valence-corrected chi connectivity index (χ0v) is 11.9. The van der Waals surface area contributed by atoms with Crippen LogP contribution in [-0.4, -0.2) is 22.0 Å². The van der Waals surface area contributed by atoms with Crippen LogP contribution in [0.1, 0.15) is 29.3 Å². The first-order valence-corrected chi connectivity index (χ1v) is 7.01. The molecule has 0 radical (unpaired) electrons. The summed E-state index contributed by atoms with van der Waals surface area (Å²) < 4.78 is 7.02. The lowest BCUT2D eigenvalue weighted by Gasteiger charge is -2.28. The summed E-state index contributed by atoms with van der Waals surface area (Å²) in [7, 11) is 3.46. The zero-order valence-electron chi connectivity index (χ0n) is 11.9. The van der Waals surface area contributed by atoms with Gasteiger partial charge in [0.05, 0.1) is 13.3 Å². The Hall–Kier alpha value is -1.81. The molecular weight excluding hydrogens is 252 g/mol. The molecule has 2 unspecified atom stereocenters. The number of nitrogens with zero attached hydrogens (tertiary/aromatic N) is 2. The van der Waals surface area contributed by atoms with Crippen LogP contribution < -0.4 is 4.74 Å². The van der Waals surface area contributed by atoms with Gasteiger partial charge in [-0.05, 0) is 36.3 Å². The van der Waals surface area contributed by atoms with Crippen LogP contribution in [0.25, 0.3) is 0 Å². The predicted molar refractivity (Wildman–Crippen MR) is 76.7 cm³/mol. The van der Waals surface area contributed by atoms with Gasteiger partial charge in [0.15, 0.2) is 5.75 Å². The highest BCUT2D eigenvalue weighted by Gasteiger charge is 2.29. The van der Waals surface area contributed by atoms with Gasteiger partial charge in [-0.15, -0.1) is 0 Å². The fraction of sp³-hybridized carbons (Fsp3) is 0.438. The van der Waals surface area contributed by atoms with Crippen molar-refractivity contribution in [1.29, 1.82) is 0 Å². The van der Waals surface area contributed by atoms with Crippen molar-refractivity contribution in [1.82, 2.24) is 9.78 Å². The Morgan fingerprint density at radius 3 is 2.85 bits per heavy atom. The number of aliphatic hydroxyl groups excluding tert-OH is 1. The summed E-state index contributed by atoms with van der Waals surface area (Å²) in [6.45, 7) is 0. The minimum Gasteiger partial charge on any atom is -0.493 e. The summed E-state index contributed by atoms with van der Waals surface area (Å²) in [5, 5.41) is 14.9. The number of methoxy groups -OCH3 is 1. The molecule has 0 fully saturated rings. The Balaban J connectivity index is 1.85. The second-order valence-electron chi connectivity index (χ2n) is 5.44. The molecule has 106 valence electrons. The third-order valence-electron chi connectivity index (χ3n) is 4.28. The highest BCUT2D eigenvalue weighted by molar-refractivity contribution is 5.32. The first-order chi connectivity index (χ1) is 9.70. The van der Waals surface area contributed by atoms with Gasteiger partial charge in [0.2, 0.25) is 0 Å². The number of aromatic nitrogens is 2. The highest BCUT2D eigenvalue weighted by Crippen LogP contribution is 2.37. The van der Waals surface area contributed by atoms with Gasteiger partial charge < -0.3 is 9.84 Å². The molecule has 1 aromatic heterocycles. The van der Waals surface area contributed by atoms with Gasteiger partial charge >= 0.3 is 0 Å². The molecule has 20 heavy (non-hydrogen) atoms.